The highest BCUT2D eigenvalue weighted by atomic mass is 79.9. The normalized spacial score (nSPS) is 11.6. The number of aliphatic hydroxyl groups is 1. The fraction of sp³-hybridized carbons (Fsp3) is 0.167. The summed E-state index contributed by atoms with van der Waals surface area (Å²) in [6.07, 6.45) is 0. The Labute approximate surface area is 138 Å². The molecule has 0 radical (unpaired) electrons. The van der Waals surface area contributed by atoms with Crippen LogP contribution in [0.4, 0.5) is 5.69 Å². The number of halogens is 2. The van der Waals surface area contributed by atoms with E-state index in [0.29, 0.717) is 14.4 Å². The molecule has 20 heavy (non-hydrogen) atoms. The number of hydrogen-bond acceptors (Lipinski definition) is 4. The second-order valence-electron chi connectivity index (χ2n) is 4.13. The van der Waals surface area contributed by atoms with Crippen molar-refractivity contribution in [3.8, 4) is 0 Å². The van der Waals surface area contributed by atoms with Crippen LogP contribution < -0.4 is 4.72 Å². The monoisotopic (exact) mass is 439 g/mol. The standard InChI is InChI=1S/C12H11Br2NO3S2/c1-7-2-8(13)4-9(3-7)15-20(17,18)11-5-10(6-16)19-12(11)14/h2-5,15-16H,6H2,1H3. The van der Waals surface area contributed by atoms with Crippen molar-refractivity contribution in [1.29, 1.82) is 0 Å². The predicted molar refractivity (Wildman–Crippen MR) is 87.6 cm³/mol. The third kappa shape index (κ3) is 3.62. The van der Waals surface area contributed by atoms with Crippen molar-refractivity contribution < 1.29 is 13.5 Å². The molecule has 0 amide bonds. The Bertz CT molecular complexity index is 721. The smallest absolute Gasteiger partial charge is 0.263 e. The van der Waals surface area contributed by atoms with Crippen molar-refractivity contribution in [2.24, 2.45) is 0 Å². The van der Waals surface area contributed by atoms with E-state index in [9.17, 15) is 8.42 Å². The molecule has 0 bridgehead atoms. The number of aryl methyl sites for hydroxylation is 1. The molecule has 4 nitrogen and oxygen atoms in total. The van der Waals surface area contributed by atoms with Crippen molar-refractivity contribution in [3.05, 3.63) is 43.0 Å². The summed E-state index contributed by atoms with van der Waals surface area (Å²) in [5, 5.41) is 9.07. The van der Waals surface area contributed by atoms with Gasteiger partial charge in [-0.3, -0.25) is 4.72 Å². The quantitative estimate of drug-likeness (QED) is 0.758. The fourth-order valence-electron chi connectivity index (χ4n) is 1.66. The largest absolute Gasteiger partial charge is 0.391 e. The summed E-state index contributed by atoms with van der Waals surface area (Å²) < 4.78 is 28.5. The second kappa shape index (κ2) is 6.15. The minimum atomic E-state index is -3.69. The molecule has 8 heteroatoms. The maximum Gasteiger partial charge on any atom is 0.263 e. The van der Waals surface area contributed by atoms with Crippen LogP contribution in [0.5, 0.6) is 0 Å². The van der Waals surface area contributed by atoms with Gasteiger partial charge in [0.15, 0.2) is 0 Å². The number of sulfonamides is 1. The maximum absolute atomic E-state index is 12.3. The topological polar surface area (TPSA) is 66.4 Å². The first kappa shape index (κ1) is 16.0. The van der Waals surface area contributed by atoms with Gasteiger partial charge in [-0.25, -0.2) is 8.42 Å². The number of thiophene rings is 1. The highest BCUT2D eigenvalue weighted by molar-refractivity contribution is 9.11. The third-order valence-corrected chi connectivity index (χ3v) is 6.52. The van der Waals surface area contributed by atoms with E-state index in [-0.39, 0.29) is 11.5 Å². The van der Waals surface area contributed by atoms with Gasteiger partial charge in [-0.05, 0) is 52.7 Å². The summed E-state index contributed by atoms with van der Waals surface area (Å²) >= 11 is 7.74. The molecule has 1 aromatic heterocycles. The molecule has 0 spiro atoms. The summed E-state index contributed by atoms with van der Waals surface area (Å²) in [6.45, 7) is 1.70. The molecule has 0 atom stereocenters. The van der Waals surface area contributed by atoms with Crippen LogP contribution in [0.25, 0.3) is 0 Å². The maximum atomic E-state index is 12.3. The van der Waals surface area contributed by atoms with Crippen molar-refractivity contribution in [2.75, 3.05) is 4.72 Å². The molecule has 0 saturated heterocycles. The molecule has 0 saturated carbocycles. The SMILES string of the molecule is Cc1cc(Br)cc(NS(=O)(=O)c2cc(CO)sc2Br)c1. The van der Waals surface area contributed by atoms with Crippen molar-refractivity contribution >= 4 is 58.9 Å². The average molecular weight is 441 g/mol. The van der Waals surface area contributed by atoms with Crippen molar-refractivity contribution in [1.82, 2.24) is 0 Å². The van der Waals surface area contributed by atoms with Crippen molar-refractivity contribution in [2.45, 2.75) is 18.4 Å². The van der Waals surface area contributed by atoms with Gasteiger partial charge >= 0.3 is 0 Å². The van der Waals surface area contributed by atoms with Crippen LogP contribution in [0.15, 0.2) is 37.4 Å². The van der Waals surface area contributed by atoms with Crippen LogP contribution in [0.3, 0.4) is 0 Å². The summed E-state index contributed by atoms with van der Waals surface area (Å²) in [6, 6.07) is 6.79. The zero-order chi connectivity index (χ0) is 14.9. The average Bonchev–Trinajstić information content (AvgIpc) is 2.69. The van der Waals surface area contributed by atoms with E-state index in [2.05, 4.69) is 36.6 Å². The van der Waals surface area contributed by atoms with Crippen LogP contribution >= 0.6 is 43.2 Å². The molecule has 0 unspecified atom stereocenters. The molecule has 108 valence electrons. The summed E-state index contributed by atoms with van der Waals surface area (Å²) in [5.74, 6) is 0. The van der Waals surface area contributed by atoms with E-state index >= 15 is 0 Å². The van der Waals surface area contributed by atoms with Gasteiger partial charge in [-0.15, -0.1) is 11.3 Å². The minimum absolute atomic E-state index is 0.129. The Morgan fingerprint density at radius 3 is 2.50 bits per heavy atom. The Kier molecular flexibility index (Phi) is 4.91. The van der Waals surface area contributed by atoms with Crippen LogP contribution in [-0.4, -0.2) is 13.5 Å². The molecule has 0 aliphatic carbocycles. The van der Waals surface area contributed by atoms with Crippen molar-refractivity contribution in [3.63, 3.8) is 0 Å². The van der Waals surface area contributed by atoms with Gasteiger partial charge in [0.25, 0.3) is 10.0 Å². The van der Waals surface area contributed by atoms with Gasteiger partial charge in [0.1, 0.15) is 4.90 Å². The Hall–Kier alpha value is -0.410. The van der Waals surface area contributed by atoms with E-state index < -0.39 is 10.0 Å². The Balaban J connectivity index is 2.37. The molecule has 2 N–H and O–H groups in total. The molecule has 0 aliphatic rings. The molecule has 2 aromatic rings. The minimum Gasteiger partial charge on any atom is -0.391 e. The lowest BCUT2D eigenvalue weighted by Gasteiger charge is -2.08. The zero-order valence-corrected chi connectivity index (χ0v) is 15.2. The van der Waals surface area contributed by atoms with Gasteiger partial charge < -0.3 is 5.11 Å². The number of benzene rings is 1. The molecular formula is C12H11Br2NO3S2. The number of rotatable bonds is 4. The van der Waals surface area contributed by atoms with Gasteiger partial charge in [0, 0.05) is 9.35 Å². The summed E-state index contributed by atoms with van der Waals surface area (Å²) in [5.41, 5.74) is 1.43. The highest BCUT2D eigenvalue weighted by Gasteiger charge is 2.21. The summed E-state index contributed by atoms with van der Waals surface area (Å²) in [4.78, 5) is 0.715. The van der Waals surface area contributed by atoms with E-state index in [1.54, 1.807) is 12.1 Å². The van der Waals surface area contributed by atoms with E-state index in [1.165, 1.54) is 17.4 Å². The number of hydrogen-bond donors (Lipinski definition) is 2. The highest BCUT2D eigenvalue weighted by Crippen LogP contribution is 2.33. The Morgan fingerprint density at radius 1 is 1.25 bits per heavy atom. The fourth-order valence-corrected chi connectivity index (χ4v) is 5.86. The molecule has 0 aliphatic heterocycles. The lowest BCUT2D eigenvalue weighted by atomic mass is 10.2. The lowest BCUT2D eigenvalue weighted by Crippen LogP contribution is -2.12. The second-order valence-corrected chi connectivity index (χ2v) is 9.15. The molecule has 2 rings (SSSR count). The third-order valence-electron chi connectivity index (χ3n) is 2.45. The Morgan fingerprint density at radius 2 is 1.95 bits per heavy atom. The first-order valence-electron chi connectivity index (χ1n) is 5.51. The van der Waals surface area contributed by atoms with Crippen LogP contribution in [-0.2, 0) is 16.6 Å². The van der Waals surface area contributed by atoms with E-state index in [4.69, 9.17) is 5.11 Å². The molecule has 1 heterocycles. The van der Waals surface area contributed by atoms with Crippen LogP contribution in [0.1, 0.15) is 10.4 Å². The van der Waals surface area contributed by atoms with Gasteiger partial charge in [-0.2, -0.15) is 0 Å². The van der Waals surface area contributed by atoms with Crippen LogP contribution in [0.2, 0.25) is 0 Å². The number of aliphatic hydroxyl groups excluding tert-OH is 1. The molecule has 0 fully saturated rings. The van der Waals surface area contributed by atoms with Gasteiger partial charge in [0.05, 0.1) is 16.1 Å². The van der Waals surface area contributed by atoms with Gasteiger partial charge in [0.2, 0.25) is 0 Å². The molecule has 1 aromatic carbocycles. The summed E-state index contributed by atoms with van der Waals surface area (Å²) in [7, 11) is -3.69. The van der Waals surface area contributed by atoms with E-state index in [0.717, 1.165) is 10.0 Å². The lowest BCUT2D eigenvalue weighted by molar-refractivity contribution is 0.285. The zero-order valence-electron chi connectivity index (χ0n) is 10.4. The number of nitrogens with one attached hydrogen (secondary N) is 1. The number of anilines is 1. The molecular weight excluding hydrogens is 430 g/mol. The first-order valence-corrected chi connectivity index (χ1v) is 9.39. The van der Waals surface area contributed by atoms with Crippen LogP contribution in [0, 0.1) is 6.92 Å². The predicted octanol–water partition coefficient (Wildman–Crippen LogP) is 3.87. The van der Waals surface area contributed by atoms with E-state index in [1.807, 2.05) is 13.0 Å². The first-order chi connectivity index (χ1) is 9.31. The van der Waals surface area contributed by atoms with Gasteiger partial charge in [-0.1, -0.05) is 15.9 Å².